The van der Waals surface area contributed by atoms with Crippen LogP contribution in [0.25, 0.3) is 0 Å². The van der Waals surface area contributed by atoms with Crippen molar-refractivity contribution in [2.75, 3.05) is 6.54 Å². The molecule has 0 saturated carbocycles. The number of aliphatic hydroxyl groups is 1. The number of aromatic nitrogens is 2. The second-order valence-corrected chi connectivity index (χ2v) is 5.42. The summed E-state index contributed by atoms with van der Waals surface area (Å²) >= 11 is 0. The van der Waals surface area contributed by atoms with Gasteiger partial charge in [0.05, 0.1) is 11.7 Å². The van der Waals surface area contributed by atoms with Gasteiger partial charge in [0.15, 0.2) is 0 Å². The van der Waals surface area contributed by atoms with Crippen LogP contribution in [-0.2, 0) is 4.79 Å². The third-order valence-electron chi connectivity index (χ3n) is 3.91. The van der Waals surface area contributed by atoms with Gasteiger partial charge in [-0.3, -0.25) is 9.89 Å². The highest BCUT2D eigenvalue weighted by Gasteiger charge is 2.31. The summed E-state index contributed by atoms with van der Waals surface area (Å²) in [6, 6.07) is 0.0448. The van der Waals surface area contributed by atoms with Gasteiger partial charge in [0.1, 0.15) is 6.10 Å². The van der Waals surface area contributed by atoms with Crippen LogP contribution in [0.4, 0.5) is 0 Å². The first-order valence-corrected chi connectivity index (χ1v) is 7.02. The number of H-pyrrole nitrogens is 1. The molecule has 1 fully saturated rings. The van der Waals surface area contributed by atoms with Crippen molar-refractivity contribution in [2.24, 2.45) is 0 Å². The summed E-state index contributed by atoms with van der Waals surface area (Å²) in [5.74, 6) is -0.174. The minimum absolute atomic E-state index is 0.0448. The van der Waals surface area contributed by atoms with Crippen LogP contribution in [0.15, 0.2) is 0 Å². The average Bonchev–Trinajstić information content (AvgIpc) is 2.58. The Morgan fingerprint density at radius 1 is 1.42 bits per heavy atom. The first kappa shape index (κ1) is 14.1. The number of aryl methyl sites for hydroxylation is 2. The van der Waals surface area contributed by atoms with Crippen molar-refractivity contribution in [3.63, 3.8) is 0 Å². The van der Waals surface area contributed by atoms with Gasteiger partial charge >= 0.3 is 0 Å². The average molecular weight is 265 g/mol. The number of nitrogens with one attached hydrogen (secondary N) is 1. The molecule has 0 aliphatic carbocycles. The number of rotatable bonds is 2. The summed E-state index contributed by atoms with van der Waals surface area (Å²) in [5.41, 5.74) is 3.09. The van der Waals surface area contributed by atoms with Gasteiger partial charge in [-0.15, -0.1) is 0 Å². The number of hydrogen-bond donors (Lipinski definition) is 2. The number of nitrogens with zero attached hydrogens (tertiary/aromatic N) is 2. The Balaban J connectivity index is 2.35. The molecule has 0 radical (unpaired) electrons. The predicted octanol–water partition coefficient (Wildman–Crippen LogP) is 1.85. The Morgan fingerprint density at radius 2 is 2.16 bits per heavy atom. The molecule has 5 nitrogen and oxygen atoms in total. The van der Waals surface area contributed by atoms with E-state index < -0.39 is 6.10 Å². The fraction of sp³-hybridized carbons (Fsp3) is 0.714. The number of hydrogen-bond acceptors (Lipinski definition) is 3. The quantitative estimate of drug-likeness (QED) is 0.857. The van der Waals surface area contributed by atoms with Crippen LogP contribution in [0.1, 0.15) is 55.6 Å². The van der Waals surface area contributed by atoms with Crippen LogP contribution in [0, 0.1) is 13.8 Å². The van der Waals surface area contributed by atoms with Crippen LogP contribution in [0.2, 0.25) is 0 Å². The van der Waals surface area contributed by atoms with Gasteiger partial charge in [0.25, 0.3) is 5.91 Å². The Morgan fingerprint density at radius 3 is 2.74 bits per heavy atom. The summed E-state index contributed by atoms with van der Waals surface area (Å²) < 4.78 is 0. The lowest BCUT2D eigenvalue weighted by molar-refractivity contribution is -0.141. The smallest absolute Gasteiger partial charge is 0.251 e. The lowest BCUT2D eigenvalue weighted by Crippen LogP contribution is -2.40. The fourth-order valence-corrected chi connectivity index (χ4v) is 2.96. The maximum absolute atomic E-state index is 12.2. The topological polar surface area (TPSA) is 69.2 Å². The first-order chi connectivity index (χ1) is 9.02. The van der Waals surface area contributed by atoms with Gasteiger partial charge in [-0.25, -0.2) is 0 Å². The van der Waals surface area contributed by atoms with E-state index in [0.717, 1.165) is 49.2 Å². The van der Waals surface area contributed by atoms with E-state index in [4.69, 9.17) is 0 Å². The van der Waals surface area contributed by atoms with Gasteiger partial charge in [-0.1, -0.05) is 12.8 Å². The third-order valence-corrected chi connectivity index (χ3v) is 3.91. The monoisotopic (exact) mass is 265 g/mol. The van der Waals surface area contributed by atoms with E-state index in [9.17, 15) is 9.90 Å². The lowest BCUT2D eigenvalue weighted by Gasteiger charge is -2.31. The number of likely N-dealkylation sites (tertiary alicyclic amines) is 1. The van der Waals surface area contributed by atoms with Crippen LogP contribution in [-0.4, -0.2) is 38.8 Å². The fourth-order valence-electron chi connectivity index (χ4n) is 2.96. The zero-order chi connectivity index (χ0) is 14.0. The maximum Gasteiger partial charge on any atom is 0.251 e. The molecule has 1 amide bonds. The number of amides is 1. The molecule has 1 aliphatic rings. The molecule has 2 heterocycles. The summed E-state index contributed by atoms with van der Waals surface area (Å²) in [6.07, 6.45) is 3.26. The van der Waals surface area contributed by atoms with E-state index in [-0.39, 0.29) is 11.9 Å². The lowest BCUT2D eigenvalue weighted by atomic mass is 9.98. The van der Waals surface area contributed by atoms with Crippen molar-refractivity contribution >= 4 is 5.91 Å². The van der Waals surface area contributed by atoms with Crippen LogP contribution in [0.3, 0.4) is 0 Å². The Hall–Kier alpha value is -1.36. The molecule has 5 heteroatoms. The van der Waals surface area contributed by atoms with Gasteiger partial charge in [-0.2, -0.15) is 5.10 Å². The molecule has 1 aromatic heterocycles. The van der Waals surface area contributed by atoms with Gasteiger partial charge in [0.2, 0.25) is 0 Å². The molecule has 106 valence electrons. The molecule has 0 aromatic carbocycles. The molecule has 0 bridgehead atoms. The van der Waals surface area contributed by atoms with E-state index in [1.54, 1.807) is 6.92 Å². The second kappa shape index (κ2) is 5.74. The van der Waals surface area contributed by atoms with Crippen molar-refractivity contribution in [1.82, 2.24) is 15.1 Å². The van der Waals surface area contributed by atoms with Crippen LogP contribution < -0.4 is 0 Å². The molecular weight excluding hydrogens is 242 g/mol. The molecule has 1 aliphatic heterocycles. The SMILES string of the molecule is Cc1n[nH]c(C)c1C1CCCCCN1C(=O)C(C)O. The van der Waals surface area contributed by atoms with Crippen LogP contribution >= 0.6 is 0 Å². The minimum atomic E-state index is -0.937. The van der Waals surface area contributed by atoms with E-state index >= 15 is 0 Å². The molecular formula is C14H23N3O2. The van der Waals surface area contributed by atoms with Gasteiger partial charge < -0.3 is 10.0 Å². The zero-order valence-corrected chi connectivity index (χ0v) is 11.9. The van der Waals surface area contributed by atoms with Crippen LogP contribution in [0.5, 0.6) is 0 Å². The van der Waals surface area contributed by atoms with Crippen molar-refractivity contribution < 1.29 is 9.90 Å². The first-order valence-electron chi connectivity index (χ1n) is 7.02. The highest BCUT2D eigenvalue weighted by atomic mass is 16.3. The Bertz CT molecular complexity index is 434. The zero-order valence-electron chi connectivity index (χ0n) is 11.9. The highest BCUT2D eigenvalue weighted by Crippen LogP contribution is 2.33. The number of aromatic amines is 1. The summed E-state index contributed by atoms with van der Waals surface area (Å²) in [4.78, 5) is 14.1. The normalized spacial score (nSPS) is 22.1. The number of carbonyl (C=O) groups is 1. The van der Waals surface area contributed by atoms with Gasteiger partial charge in [0, 0.05) is 17.8 Å². The number of aliphatic hydroxyl groups excluding tert-OH is 1. The largest absolute Gasteiger partial charge is 0.384 e. The van der Waals surface area contributed by atoms with E-state index in [0.29, 0.717) is 0 Å². The molecule has 2 unspecified atom stereocenters. The molecule has 1 saturated heterocycles. The standard InChI is InChI=1S/C14H23N3O2/c1-9-13(10(2)16-15-9)12-7-5-4-6-8-17(12)14(19)11(3)18/h11-12,18H,4-8H2,1-3H3,(H,15,16). The molecule has 2 rings (SSSR count). The number of carbonyl (C=O) groups excluding carboxylic acids is 1. The van der Waals surface area contributed by atoms with Crippen molar-refractivity contribution in [2.45, 2.75) is 58.6 Å². The van der Waals surface area contributed by atoms with E-state index in [2.05, 4.69) is 10.2 Å². The van der Waals surface area contributed by atoms with Crippen molar-refractivity contribution in [3.8, 4) is 0 Å². The Kier molecular flexibility index (Phi) is 4.24. The molecule has 19 heavy (non-hydrogen) atoms. The molecule has 1 aromatic rings. The molecule has 2 N–H and O–H groups in total. The maximum atomic E-state index is 12.2. The minimum Gasteiger partial charge on any atom is -0.384 e. The van der Waals surface area contributed by atoms with Crippen molar-refractivity contribution in [3.05, 3.63) is 17.0 Å². The van der Waals surface area contributed by atoms with E-state index in [1.807, 2.05) is 18.7 Å². The van der Waals surface area contributed by atoms with Gasteiger partial charge in [-0.05, 0) is 33.6 Å². The summed E-state index contributed by atoms with van der Waals surface area (Å²) in [7, 11) is 0. The van der Waals surface area contributed by atoms with Crippen molar-refractivity contribution in [1.29, 1.82) is 0 Å². The molecule has 0 spiro atoms. The second-order valence-electron chi connectivity index (χ2n) is 5.42. The third kappa shape index (κ3) is 2.81. The molecule has 2 atom stereocenters. The summed E-state index contributed by atoms with van der Waals surface area (Å²) in [6.45, 7) is 6.22. The predicted molar refractivity (Wildman–Crippen MR) is 72.7 cm³/mol. The highest BCUT2D eigenvalue weighted by molar-refractivity contribution is 5.80. The van der Waals surface area contributed by atoms with E-state index in [1.165, 1.54) is 0 Å². The summed E-state index contributed by atoms with van der Waals surface area (Å²) in [5, 5.41) is 16.8. The Labute approximate surface area is 114 Å².